The maximum absolute atomic E-state index is 11.3. The van der Waals surface area contributed by atoms with Crippen molar-refractivity contribution < 1.29 is 8.42 Å². The highest BCUT2D eigenvalue weighted by molar-refractivity contribution is 14.0. The van der Waals surface area contributed by atoms with Crippen molar-refractivity contribution in [1.82, 2.24) is 10.0 Å². The standard InChI is InChI=1S/C12H24N4O2S.HI/c1-9(2)7-14-12(13)15-8-10-5-4-6-11(10)16-19(3,17)18;/h10-11,16H,1,4-8H2,2-3H3,(H3,13,14,15);1H. The van der Waals surface area contributed by atoms with Gasteiger partial charge in [-0.15, -0.1) is 24.0 Å². The van der Waals surface area contributed by atoms with Gasteiger partial charge >= 0.3 is 0 Å². The molecular weight excluding hydrogens is 391 g/mol. The Balaban J connectivity index is 0.00000361. The molecule has 0 saturated heterocycles. The molecule has 1 fully saturated rings. The zero-order chi connectivity index (χ0) is 14.5. The van der Waals surface area contributed by atoms with Crippen LogP contribution in [0.3, 0.4) is 0 Å². The van der Waals surface area contributed by atoms with Crippen LogP contribution in [0, 0.1) is 5.92 Å². The maximum Gasteiger partial charge on any atom is 0.208 e. The van der Waals surface area contributed by atoms with Crippen LogP contribution in [0.25, 0.3) is 0 Å². The van der Waals surface area contributed by atoms with Gasteiger partial charge in [-0.05, 0) is 25.7 Å². The van der Waals surface area contributed by atoms with E-state index in [1.807, 2.05) is 6.92 Å². The number of hydrogen-bond acceptors (Lipinski definition) is 3. The Hall–Kier alpha value is -0.350. The Labute approximate surface area is 138 Å². The van der Waals surface area contributed by atoms with Crippen molar-refractivity contribution in [2.24, 2.45) is 16.6 Å². The van der Waals surface area contributed by atoms with Gasteiger partial charge in [0.2, 0.25) is 10.0 Å². The third-order valence-corrected chi connectivity index (χ3v) is 3.82. The summed E-state index contributed by atoms with van der Waals surface area (Å²) in [5.41, 5.74) is 6.68. The first-order chi connectivity index (χ1) is 8.78. The molecule has 2 atom stereocenters. The van der Waals surface area contributed by atoms with Crippen molar-refractivity contribution in [3.63, 3.8) is 0 Å². The summed E-state index contributed by atoms with van der Waals surface area (Å²) in [6.45, 7) is 6.78. The molecule has 1 saturated carbocycles. The minimum absolute atomic E-state index is 0. The van der Waals surface area contributed by atoms with Crippen LogP contribution >= 0.6 is 24.0 Å². The third-order valence-electron chi connectivity index (χ3n) is 3.09. The van der Waals surface area contributed by atoms with Crippen LogP contribution in [0.1, 0.15) is 26.2 Å². The molecule has 0 spiro atoms. The van der Waals surface area contributed by atoms with E-state index in [0.29, 0.717) is 19.0 Å². The molecule has 6 nitrogen and oxygen atoms in total. The molecule has 20 heavy (non-hydrogen) atoms. The van der Waals surface area contributed by atoms with Crippen LogP contribution in [0.2, 0.25) is 0 Å². The van der Waals surface area contributed by atoms with Gasteiger partial charge in [0, 0.05) is 12.6 Å². The number of sulfonamides is 1. The van der Waals surface area contributed by atoms with E-state index in [-0.39, 0.29) is 35.9 Å². The number of nitrogens with zero attached hydrogens (tertiary/aromatic N) is 1. The van der Waals surface area contributed by atoms with E-state index in [2.05, 4.69) is 21.6 Å². The van der Waals surface area contributed by atoms with E-state index in [9.17, 15) is 8.42 Å². The smallest absolute Gasteiger partial charge is 0.208 e. The molecule has 2 unspecified atom stereocenters. The Kier molecular flexibility index (Phi) is 8.68. The van der Waals surface area contributed by atoms with Crippen LogP contribution in [0.15, 0.2) is 17.1 Å². The van der Waals surface area contributed by atoms with Crippen LogP contribution in [-0.2, 0) is 10.0 Å². The number of hydrogen-bond donors (Lipinski definition) is 3. The molecule has 0 bridgehead atoms. The predicted molar refractivity (Wildman–Crippen MR) is 93.8 cm³/mol. The molecule has 0 amide bonds. The lowest BCUT2D eigenvalue weighted by Crippen LogP contribution is -2.43. The van der Waals surface area contributed by atoms with Crippen molar-refractivity contribution in [2.45, 2.75) is 32.2 Å². The number of nitrogens with two attached hydrogens (primary N) is 1. The van der Waals surface area contributed by atoms with Gasteiger partial charge in [-0.25, -0.2) is 18.1 Å². The van der Waals surface area contributed by atoms with Crippen molar-refractivity contribution in [3.05, 3.63) is 12.2 Å². The van der Waals surface area contributed by atoms with Crippen LogP contribution in [0.5, 0.6) is 0 Å². The SMILES string of the molecule is C=C(C)CN=C(N)NCC1CCCC1NS(C)(=O)=O.I. The van der Waals surface area contributed by atoms with Crippen LogP contribution < -0.4 is 15.8 Å². The molecule has 0 aliphatic heterocycles. The largest absolute Gasteiger partial charge is 0.370 e. The molecule has 8 heteroatoms. The first-order valence-corrected chi connectivity index (χ1v) is 8.32. The zero-order valence-electron chi connectivity index (χ0n) is 12.1. The second-order valence-corrected chi connectivity index (χ2v) is 7.01. The minimum Gasteiger partial charge on any atom is -0.370 e. The Morgan fingerprint density at radius 2 is 2.10 bits per heavy atom. The number of halogens is 1. The molecule has 1 aliphatic carbocycles. The van der Waals surface area contributed by atoms with Gasteiger partial charge in [0.15, 0.2) is 5.96 Å². The summed E-state index contributed by atoms with van der Waals surface area (Å²) in [5, 5.41) is 3.05. The van der Waals surface area contributed by atoms with Crippen molar-refractivity contribution >= 4 is 40.0 Å². The molecule has 1 rings (SSSR count). The third kappa shape index (κ3) is 8.05. The van der Waals surface area contributed by atoms with Crippen molar-refractivity contribution in [2.75, 3.05) is 19.3 Å². The van der Waals surface area contributed by atoms with Crippen LogP contribution in [0.4, 0.5) is 0 Å². The maximum atomic E-state index is 11.3. The van der Waals surface area contributed by atoms with Gasteiger partial charge in [-0.1, -0.05) is 18.6 Å². The summed E-state index contributed by atoms with van der Waals surface area (Å²) in [6, 6.07) is -0.00330. The second-order valence-electron chi connectivity index (χ2n) is 5.23. The molecule has 118 valence electrons. The Bertz CT molecular complexity index is 450. The van der Waals surface area contributed by atoms with E-state index in [4.69, 9.17) is 5.73 Å². The van der Waals surface area contributed by atoms with Crippen molar-refractivity contribution in [3.8, 4) is 0 Å². The van der Waals surface area contributed by atoms with E-state index in [0.717, 1.165) is 24.8 Å². The first kappa shape index (κ1) is 19.7. The van der Waals surface area contributed by atoms with Crippen molar-refractivity contribution in [1.29, 1.82) is 0 Å². The van der Waals surface area contributed by atoms with Crippen LogP contribution in [-0.4, -0.2) is 39.8 Å². The van der Waals surface area contributed by atoms with Gasteiger partial charge < -0.3 is 11.1 Å². The molecule has 0 heterocycles. The first-order valence-electron chi connectivity index (χ1n) is 6.43. The minimum atomic E-state index is -3.15. The quantitative estimate of drug-likeness (QED) is 0.258. The van der Waals surface area contributed by atoms with E-state index < -0.39 is 10.0 Å². The van der Waals surface area contributed by atoms with Gasteiger partial charge in [0.05, 0.1) is 12.8 Å². The topological polar surface area (TPSA) is 96.6 Å². The lowest BCUT2D eigenvalue weighted by Gasteiger charge is -2.20. The molecule has 0 aromatic carbocycles. The van der Waals surface area contributed by atoms with Gasteiger partial charge in [0.25, 0.3) is 0 Å². The fraction of sp³-hybridized carbons (Fsp3) is 0.750. The van der Waals surface area contributed by atoms with Gasteiger partial charge in [0.1, 0.15) is 0 Å². The fourth-order valence-electron chi connectivity index (χ4n) is 2.22. The molecule has 0 aromatic heterocycles. The average Bonchev–Trinajstić information content (AvgIpc) is 2.68. The number of guanidine groups is 1. The predicted octanol–water partition coefficient (Wildman–Crippen LogP) is 0.803. The second kappa shape index (κ2) is 8.83. The normalized spacial score (nSPS) is 23.2. The number of rotatable bonds is 6. The summed E-state index contributed by atoms with van der Waals surface area (Å²) in [7, 11) is -3.15. The molecule has 0 aromatic rings. The fourth-order valence-corrected chi connectivity index (χ4v) is 3.08. The Morgan fingerprint density at radius 1 is 1.45 bits per heavy atom. The summed E-state index contributed by atoms with van der Waals surface area (Å²) in [4.78, 5) is 4.13. The molecule has 0 radical (unpaired) electrons. The Morgan fingerprint density at radius 3 is 2.65 bits per heavy atom. The lowest BCUT2D eigenvalue weighted by molar-refractivity contribution is 0.440. The number of aliphatic imine (C=N–C) groups is 1. The highest BCUT2D eigenvalue weighted by atomic mass is 127. The zero-order valence-corrected chi connectivity index (χ0v) is 15.2. The van der Waals surface area contributed by atoms with E-state index in [1.54, 1.807) is 0 Å². The highest BCUT2D eigenvalue weighted by Crippen LogP contribution is 2.25. The summed E-state index contributed by atoms with van der Waals surface area (Å²) in [5.74, 6) is 0.640. The van der Waals surface area contributed by atoms with Gasteiger partial charge in [-0.2, -0.15) is 0 Å². The summed E-state index contributed by atoms with van der Waals surface area (Å²) in [6.07, 6.45) is 4.09. The molecular formula is C12H25IN4O2S. The van der Waals surface area contributed by atoms with Gasteiger partial charge in [-0.3, -0.25) is 0 Å². The summed E-state index contributed by atoms with van der Waals surface area (Å²) >= 11 is 0. The summed E-state index contributed by atoms with van der Waals surface area (Å²) < 4.78 is 25.2. The number of nitrogens with one attached hydrogen (secondary N) is 2. The highest BCUT2D eigenvalue weighted by Gasteiger charge is 2.29. The van der Waals surface area contributed by atoms with E-state index in [1.165, 1.54) is 6.26 Å². The average molecular weight is 416 g/mol. The monoisotopic (exact) mass is 416 g/mol. The lowest BCUT2D eigenvalue weighted by atomic mass is 10.1. The molecule has 4 N–H and O–H groups in total. The van der Waals surface area contributed by atoms with E-state index >= 15 is 0 Å². The molecule has 1 aliphatic rings.